The van der Waals surface area contributed by atoms with E-state index < -0.39 is 17.5 Å². The summed E-state index contributed by atoms with van der Waals surface area (Å²) in [5.41, 5.74) is 1.10. The van der Waals surface area contributed by atoms with Gasteiger partial charge >= 0.3 is 0 Å². The molecule has 0 aliphatic rings. The molecule has 0 spiro atoms. The number of carbonyl (C=O) groups excluding carboxylic acids is 1. The molecule has 3 rings (SSSR count). The number of carbonyl (C=O) groups is 1. The van der Waals surface area contributed by atoms with Crippen molar-refractivity contribution in [3.05, 3.63) is 65.6 Å². The minimum Gasteiger partial charge on any atom is -0.339 e. The predicted octanol–water partition coefficient (Wildman–Crippen LogP) is 3.58. The Hall–Kier alpha value is -3.09. The summed E-state index contributed by atoms with van der Waals surface area (Å²) in [7, 11) is 0. The maximum absolute atomic E-state index is 13.2. The van der Waals surface area contributed by atoms with Gasteiger partial charge in [-0.2, -0.15) is 4.98 Å². The van der Waals surface area contributed by atoms with Gasteiger partial charge in [0.1, 0.15) is 0 Å². The Balaban J connectivity index is 1.83. The van der Waals surface area contributed by atoms with Crippen LogP contribution in [0.4, 0.5) is 14.5 Å². The van der Waals surface area contributed by atoms with Crippen LogP contribution in [-0.2, 0) is 0 Å². The predicted molar refractivity (Wildman–Crippen MR) is 78.8 cm³/mol. The lowest BCUT2D eigenvalue weighted by atomic mass is 10.1. The summed E-state index contributed by atoms with van der Waals surface area (Å²) in [6.45, 7) is 1.66. The van der Waals surface area contributed by atoms with Crippen molar-refractivity contribution in [3.8, 4) is 11.4 Å². The number of anilines is 1. The number of halogens is 2. The third-order valence-electron chi connectivity index (χ3n) is 3.09. The maximum atomic E-state index is 13.2. The second kappa shape index (κ2) is 5.96. The molecule has 0 aliphatic heterocycles. The topological polar surface area (TPSA) is 68.0 Å². The van der Waals surface area contributed by atoms with Crippen molar-refractivity contribution in [1.82, 2.24) is 10.1 Å². The first-order valence-corrected chi connectivity index (χ1v) is 6.70. The van der Waals surface area contributed by atoms with Crippen molar-refractivity contribution in [2.75, 3.05) is 5.32 Å². The lowest BCUT2D eigenvalue weighted by Crippen LogP contribution is -2.12. The van der Waals surface area contributed by atoms with Crippen LogP contribution in [0.2, 0.25) is 0 Å². The number of rotatable bonds is 3. The fourth-order valence-corrected chi connectivity index (χ4v) is 1.99. The van der Waals surface area contributed by atoms with Crippen LogP contribution in [0.25, 0.3) is 11.4 Å². The summed E-state index contributed by atoms with van der Waals surface area (Å²) < 4.78 is 31.0. The van der Waals surface area contributed by atoms with Crippen molar-refractivity contribution in [3.63, 3.8) is 0 Å². The first-order valence-electron chi connectivity index (χ1n) is 6.70. The quantitative estimate of drug-likeness (QED) is 0.802. The molecule has 7 heteroatoms. The monoisotopic (exact) mass is 315 g/mol. The average Bonchev–Trinajstić information content (AvgIpc) is 2.98. The molecule has 0 unspecified atom stereocenters. The normalized spacial score (nSPS) is 10.6. The van der Waals surface area contributed by atoms with E-state index in [9.17, 15) is 13.6 Å². The molecule has 1 amide bonds. The molecule has 0 aliphatic carbocycles. The van der Waals surface area contributed by atoms with Gasteiger partial charge in [-0.05, 0) is 24.3 Å². The second-order valence-corrected chi connectivity index (χ2v) is 4.80. The Bertz CT molecular complexity index is 877. The number of hydrogen-bond acceptors (Lipinski definition) is 4. The molecule has 3 aromatic rings. The van der Waals surface area contributed by atoms with E-state index in [2.05, 4.69) is 15.5 Å². The van der Waals surface area contributed by atoms with Gasteiger partial charge in [-0.1, -0.05) is 17.3 Å². The maximum Gasteiger partial charge on any atom is 0.255 e. The number of nitrogens with one attached hydrogen (secondary N) is 1. The molecule has 0 saturated carbocycles. The van der Waals surface area contributed by atoms with Crippen molar-refractivity contribution in [1.29, 1.82) is 0 Å². The number of aromatic nitrogens is 2. The van der Waals surface area contributed by atoms with Gasteiger partial charge in [0.2, 0.25) is 11.7 Å². The van der Waals surface area contributed by atoms with Crippen molar-refractivity contribution >= 4 is 11.6 Å². The average molecular weight is 315 g/mol. The highest BCUT2D eigenvalue weighted by Gasteiger charge is 2.11. The van der Waals surface area contributed by atoms with E-state index in [0.717, 1.165) is 12.1 Å². The molecule has 1 heterocycles. The summed E-state index contributed by atoms with van der Waals surface area (Å²) in [6, 6.07) is 9.72. The standard InChI is InChI=1S/C16H11F2N3O2/c1-9-19-15(21-23-9)10-3-2-4-11(7-10)16(22)20-12-5-6-13(17)14(18)8-12/h2-8H,1H3,(H,20,22). The number of amides is 1. The molecule has 0 saturated heterocycles. The van der Waals surface area contributed by atoms with Crippen molar-refractivity contribution in [2.24, 2.45) is 0 Å². The summed E-state index contributed by atoms with van der Waals surface area (Å²) in [5.74, 6) is -1.68. The molecular weight excluding hydrogens is 304 g/mol. The summed E-state index contributed by atoms with van der Waals surface area (Å²) in [5, 5.41) is 6.28. The van der Waals surface area contributed by atoms with Crippen LogP contribution in [0.15, 0.2) is 47.0 Å². The molecule has 1 aromatic heterocycles. The number of hydrogen-bond donors (Lipinski definition) is 1. The second-order valence-electron chi connectivity index (χ2n) is 4.80. The van der Waals surface area contributed by atoms with Gasteiger partial charge < -0.3 is 9.84 Å². The highest BCUT2D eigenvalue weighted by Crippen LogP contribution is 2.19. The van der Waals surface area contributed by atoms with Gasteiger partial charge in [-0.25, -0.2) is 8.78 Å². The Morgan fingerprint density at radius 3 is 2.65 bits per heavy atom. The van der Waals surface area contributed by atoms with Crippen LogP contribution < -0.4 is 5.32 Å². The zero-order chi connectivity index (χ0) is 16.4. The third kappa shape index (κ3) is 3.23. The molecule has 1 N–H and O–H groups in total. The van der Waals surface area contributed by atoms with Crippen LogP contribution >= 0.6 is 0 Å². The number of nitrogens with zero attached hydrogens (tertiary/aromatic N) is 2. The van der Waals surface area contributed by atoms with E-state index in [1.165, 1.54) is 6.07 Å². The fraction of sp³-hybridized carbons (Fsp3) is 0.0625. The van der Waals surface area contributed by atoms with Gasteiger partial charge in [-0.15, -0.1) is 0 Å². The molecule has 116 valence electrons. The first-order chi connectivity index (χ1) is 11.0. The van der Waals surface area contributed by atoms with E-state index in [1.54, 1.807) is 31.2 Å². The molecule has 2 aromatic carbocycles. The highest BCUT2D eigenvalue weighted by atomic mass is 19.2. The molecule has 0 atom stereocenters. The van der Waals surface area contributed by atoms with E-state index in [-0.39, 0.29) is 5.69 Å². The first kappa shape index (κ1) is 14.8. The fourth-order valence-electron chi connectivity index (χ4n) is 1.99. The summed E-state index contributed by atoms with van der Waals surface area (Å²) in [6.07, 6.45) is 0. The Morgan fingerprint density at radius 1 is 1.13 bits per heavy atom. The molecular formula is C16H11F2N3O2. The van der Waals surface area contributed by atoms with Gasteiger partial charge in [0.15, 0.2) is 11.6 Å². The van der Waals surface area contributed by atoms with Gasteiger partial charge in [0.25, 0.3) is 5.91 Å². The molecule has 0 radical (unpaired) electrons. The van der Waals surface area contributed by atoms with Crippen molar-refractivity contribution in [2.45, 2.75) is 6.92 Å². The summed E-state index contributed by atoms with van der Waals surface area (Å²) >= 11 is 0. The van der Waals surface area contributed by atoms with Gasteiger partial charge in [0, 0.05) is 29.8 Å². The molecule has 0 bridgehead atoms. The summed E-state index contributed by atoms with van der Waals surface area (Å²) in [4.78, 5) is 16.3. The van der Waals surface area contributed by atoms with E-state index in [0.29, 0.717) is 22.8 Å². The van der Waals surface area contributed by atoms with Crippen LogP contribution in [-0.4, -0.2) is 16.0 Å². The van der Waals surface area contributed by atoms with Gasteiger partial charge in [-0.3, -0.25) is 4.79 Å². The van der Waals surface area contributed by atoms with Crippen molar-refractivity contribution < 1.29 is 18.1 Å². The van der Waals surface area contributed by atoms with E-state index in [4.69, 9.17) is 4.52 Å². The SMILES string of the molecule is Cc1nc(-c2cccc(C(=O)Nc3ccc(F)c(F)c3)c2)no1. The Labute approximate surface area is 130 Å². The van der Waals surface area contributed by atoms with Crippen LogP contribution in [0, 0.1) is 18.6 Å². The Morgan fingerprint density at radius 2 is 1.96 bits per heavy atom. The van der Waals surface area contributed by atoms with Crippen LogP contribution in [0.3, 0.4) is 0 Å². The molecule has 5 nitrogen and oxygen atoms in total. The minimum atomic E-state index is -1.03. The number of benzene rings is 2. The number of aryl methyl sites for hydroxylation is 1. The Kier molecular flexibility index (Phi) is 3.84. The smallest absolute Gasteiger partial charge is 0.255 e. The van der Waals surface area contributed by atoms with Crippen LogP contribution in [0.1, 0.15) is 16.2 Å². The minimum absolute atomic E-state index is 0.162. The van der Waals surface area contributed by atoms with E-state index >= 15 is 0 Å². The lowest BCUT2D eigenvalue weighted by molar-refractivity contribution is 0.102. The molecule has 23 heavy (non-hydrogen) atoms. The van der Waals surface area contributed by atoms with Crippen LogP contribution in [0.5, 0.6) is 0 Å². The third-order valence-corrected chi connectivity index (χ3v) is 3.09. The van der Waals surface area contributed by atoms with Gasteiger partial charge in [0.05, 0.1) is 0 Å². The largest absolute Gasteiger partial charge is 0.339 e. The zero-order valence-corrected chi connectivity index (χ0v) is 12.0. The molecule has 0 fully saturated rings. The highest BCUT2D eigenvalue weighted by molar-refractivity contribution is 6.04. The zero-order valence-electron chi connectivity index (χ0n) is 12.0. The van der Waals surface area contributed by atoms with E-state index in [1.807, 2.05) is 0 Å². The lowest BCUT2D eigenvalue weighted by Gasteiger charge is -2.06.